The summed E-state index contributed by atoms with van der Waals surface area (Å²) in [6, 6.07) is 1.62. The van der Waals surface area contributed by atoms with Crippen LogP contribution in [0.3, 0.4) is 0 Å². The Bertz CT molecular complexity index is 485. The molecule has 2 N–H and O–H groups in total. The Morgan fingerprint density at radius 1 is 1.47 bits per heavy atom. The van der Waals surface area contributed by atoms with Crippen LogP contribution in [0, 0.1) is 11.8 Å². The van der Waals surface area contributed by atoms with Gasteiger partial charge in [0.1, 0.15) is 11.5 Å². The zero-order valence-electron chi connectivity index (χ0n) is 10.7. The van der Waals surface area contributed by atoms with Crippen LogP contribution in [0.5, 0.6) is 0 Å². The van der Waals surface area contributed by atoms with Crippen LogP contribution >= 0.6 is 0 Å². The standard InChI is InChI=1S/C12H19N3O2/c1-7-8(2)12(4,17-9(7)3)15-6-5-10(13)14-11(15)16/h5-9H,1-4H3,(H2,13,14,16)/t7?,8?,9-,12-/m1/s1. The molecule has 1 aliphatic heterocycles. The topological polar surface area (TPSA) is 70.1 Å². The molecule has 1 aromatic heterocycles. The second kappa shape index (κ2) is 3.84. The summed E-state index contributed by atoms with van der Waals surface area (Å²) in [4.78, 5) is 15.6. The first kappa shape index (κ1) is 12.1. The van der Waals surface area contributed by atoms with E-state index in [2.05, 4.69) is 18.8 Å². The quantitative estimate of drug-likeness (QED) is 0.796. The van der Waals surface area contributed by atoms with Gasteiger partial charge in [-0.3, -0.25) is 4.57 Å². The zero-order chi connectivity index (χ0) is 12.8. The summed E-state index contributed by atoms with van der Waals surface area (Å²) >= 11 is 0. The van der Waals surface area contributed by atoms with Gasteiger partial charge in [0.2, 0.25) is 0 Å². The molecule has 1 fully saturated rings. The molecule has 94 valence electrons. The fourth-order valence-corrected chi connectivity index (χ4v) is 2.52. The molecule has 0 amide bonds. The van der Waals surface area contributed by atoms with Gasteiger partial charge in [0.15, 0.2) is 0 Å². The molecule has 0 aliphatic carbocycles. The van der Waals surface area contributed by atoms with E-state index >= 15 is 0 Å². The van der Waals surface area contributed by atoms with Crippen molar-refractivity contribution in [2.45, 2.75) is 39.5 Å². The van der Waals surface area contributed by atoms with Gasteiger partial charge in [0.05, 0.1) is 6.10 Å². The van der Waals surface area contributed by atoms with E-state index in [4.69, 9.17) is 10.5 Å². The molecule has 0 saturated carbocycles. The molecule has 5 nitrogen and oxygen atoms in total. The third-order valence-corrected chi connectivity index (χ3v) is 4.10. The summed E-state index contributed by atoms with van der Waals surface area (Å²) in [6.45, 7) is 8.19. The number of hydrogen-bond acceptors (Lipinski definition) is 4. The van der Waals surface area contributed by atoms with Gasteiger partial charge in [-0.15, -0.1) is 0 Å². The Morgan fingerprint density at radius 3 is 2.59 bits per heavy atom. The fraction of sp³-hybridized carbons (Fsp3) is 0.667. The van der Waals surface area contributed by atoms with Crippen molar-refractivity contribution in [3.8, 4) is 0 Å². The van der Waals surface area contributed by atoms with Crippen LogP contribution in [0.25, 0.3) is 0 Å². The van der Waals surface area contributed by atoms with Crippen LogP contribution < -0.4 is 11.4 Å². The molecule has 1 aliphatic rings. The van der Waals surface area contributed by atoms with Gasteiger partial charge in [-0.25, -0.2) is 4.79 Å². The Balaban J connectivity index is 2.49. The van der Waals surface area contributed by atoms with E-state index in [9.17, 15) is 4.79 Å². The monoisotopic (exact) mass is 237 g/mol. The van der Waals surface area contributed by atoms with Crippen molar-refractivity contribution >= 4 is 5.82 Å². The van der Waals surface area contributed by atoms with E-state index < -0.39 is 5.72 Å². The average molecular weight is 237 g/mol. The third-order valence-electron chi connectivity index (χ3n) is 4.10. The van der Waals surface area contributed by atoms with Gasteiger partial charge in [0, 0.05) is 12.1 Å². The molecule has 4 atom stereocenters. The number of nitrogen functional groups attached to an aromatic ring is 1. The minimum absolute atomic E-state index is 0.124. The number of anilines is 1. The molecular weight excluding hydrogens is 218 g/mol. The normalized spacial score (nSPS) is 37.3. The minimum Gasteiger partial charge on any atom is -0.383 e. The maximum absolute atomic E-state index is 11.9. The van der Waals surface area contributed by atoms with Crippen molar-refractivity contribution < 1.29 is 4.74 Å². The summed E-state index contributed by atoms with van der Waals surface area (Å²) < 4.78 is 7.50. The van der Waals surface area contributed by atoms with E-state index in [1.165, 1.54) is 4.57 Å². The Labute approximate surface area is 101 Å². The maximum atomic E-state index is 11.9. The third kappa shape index (κ3) is 1.74. The van der Waals surface area contributed by atoms with E-state index in [-0.39, 0.29) is 23.5 Å². The molecule has 2 rings (SSSR count). The molecule has 1 saturated heterocycles. The lowest BCUT2D eigenvalue weighted by atomic mass is 9.88. The largest absolute Gasteiger partial charge is 0.383 e. The molecule has 1 aromatic rings. The second-order valence-electron chi connectivity index (χ2n) is 5.03. The molecule has 5 heteroatoms. The highest BCUT2D eigenvalue weighted by Gasteiger charge is 2.47. The Hall–Kier alpha value is -1.36. The summed E-state index contributed by atoms with van der Waals surface area (Å²) in [6.07, 6.45) is 1.78. The zero-order valence-corrected chi connectivity index (χ0v) is 10.7. The molecule has 2 unspecified atom stereocenters. The molecule has 0 spiro atoms. The van der Waals surface area contributed by atoms with Crippen LogP contribution in [0.2, 0.25) is 0 Å². The second-order valence-corrected chi connectivity index (χ2v) is 5.03. The van der Waals surface area contributed by atoms with Gasteiger partial charge in [-0.05, 0) is 25.8 Å². The van der Waals surface area contributed by atoms with E-state index in [0.717, 1.165) is 0 Å². The highest BCUT2D eigenvalue weighted by molar-refractivity contribution is 5.23. The van der Waals surface area contributed by atoms with Crippen molar-refractivity contribution in [3.63, 3.8) is 0 Å². The van der Waals surface area contributed by atoms with Crippen molar-refractivity contribution in [2.24, 2.45) is 11.8 Å². The van der Waals surface area contributed by atoms with Gasteiger partial charge in [-0.1, -0.05) is 13.8 Å². The summed E-state index contributed by atoms with van der Waals surface area (Å²) in [5, 5.41) is 0. The van der Waals surface area contributed by atoms with Crippen molar-refractivity contribution in [2.75, 3.05) is 5.73 Å². The lowest BCUT2D eigenvalue weighted by Crippen LogP contribution is -2.43. The molecule has 2 heterocycles. The lowest BCUT2D eigenvalue weighted by molar-refractivity contribution is -0.100. The summed E-state index contributed by atoms with van der Waals surface area (Å²) in [5.41, 5.74) is 4.49. The van der Waals surface area contributed by atoms with Crippen molar-refractivity contribution in [1.29, 1.82) is 0 Å². The molecule has 0 bridgehead atoms. The van der Waals surface area contributed by atoms with Crippen molar-refractivity contribution in [1.82, 2.24) is 9.55 Å². The number of rotatable bonds is 1. The van der Waals surface area contributed by atoms with Crippen molar-refractivity contribution in [3.05, 3.63) is 22.7 Å². The summed E-state index contributed by atoms with van der Waals surface area (Å²) in [5.74, 6) is 0.867. The average Bonchev–Trinajstić information content (AvgIpc) is 2.43. The smallest absolute Gasteiger partial charge is 0.351 e. The van der Waals surface area contributed by atoms with Crippen LogP contribution in [0.4, 0.5) is 5.82 Å². The molecule has 0 aromatic carbocycles. The Morgan fingerprint density at radius 2 is 2.12 bits per heavy atom. The highest BCUT2D eigenvalue weighted by Crippen LogP contribution is 2.42. The number of nitrogens with zero attached hydrogens (tertiary/aromatic N) is 2. The van der Waals surface area contributed by atoms with E-state index in [1.807, 2.05) is 13.8 Å². The van der Waals surface area contributed by atoms with Crippen LogP contribution in [-0.4, -0.2) is 15.7 Å². The van der Waals surface area contributed by atoms with Gasteiger partial charge < -0.3 is 10.5 Å². The summed E-state index contributed by atoms with van der Waals surface area (Å²) in [7, 11) is 0. The van der Waals surface area contributed by atoms with Crippen LogP contribution in [-0.2, 0) is 10.5 Å². The first-order chi connectivity index (χ1) is 7.86. The van der Waals surface area contributed by atoms with Gasteiger partial charge >= 0.3 is 5.69 Å². The number of aromatic nitrogens is 2. The predicted octanol–water partition coefficient (Wildman–Crippen LogP) is 1.19. The first-order valence-corrected chi connectivity index (χ1v) is 5.89. The number of nitrogens with two attached hydrogens (primary N) is 1. The maximum Gasteiger partial charge on any atom is 0.351 e. The van der Waals surface area contributed by atoms with Crippen LogP contribution in [0.1, 0.15) is 27.7 Å². The SMILES string of the molecule is CC1C(C)[C@](C)(n2ccc(N)nc2=O)O[C@@H]1C. The Kier molecular flexibility index (Phi) is 2.73. The molecule has 17 heavy (non-hydrogen) atoms. The van der Waals surface area contributed by atoms with E-state index in [0.29, 0.717) is 5.92 Å². The molecular formula is C12H19N3O2. The van der Waals surface area contributed by atoms with E-state index in [1.54, 1.807) is 12.3 Å². The molecule has 0 radical (unpaired) electrons. The predicted molar refractivity (Wildman–Crippen MR) is 65.4 cm³/mol. The highest BCUT2D eigenvalue weighted by atomic mass is 16.5. The van der Waals surface area contributed by atoms with Gasteiger partial charge in [-0.2, -0.15) is 4.98 Å². The first-order valence-electron chi connectivity index (χ1n) is 5.89. The fourth-order valence-electron chi connectivity index (χ4n) is 2.52. The minimum atomic E-state index is -0.642. The lowest BCUT2D eigenvalue weighted by Gasteiger charge is -2.31. The number of hydrogen-bond donors (Lipinski definition) is 1. The number of ether oxygens (including phenoxy) is 1. The van der Waals surface area contributed by atoms with Crippen LogP contribution in [0.15, 0.2) is 17.1 Å². The van der Waals surface area contributed by atoms with Gasteiger partial charge in [0.25, 0.3) is 0 Å².